The number of amides is 2. The lowest BCUT2D eigenvalue weighted by atomic mass is 9.85. The van der Waals surface area contributed by atoms with Crippen LogP contribution < -0.4 is 10.6 Å². The van der Waals surface area contributed by atoms with Gasteiger partial charge in [0.25, 0.3) is 0 Å². The van der Waals surface area contributed by atoms with Crippen molar-refractivity contribution in [3.63, 3.8) is 0 Å². The fourth-order valence-electron chi connectivity index (χ4n) is 4.14. The molecular weight excluding hydrogens is 316 g/mol. The van der Waals surface area contributed by atoms with E-state index in [0.29, 0.717) is 18.5 Å². The minimum Gasteiger partial charge on any atom is -0.358 e. The highest BCUT2D eigenvalue weighted by Gasteiger charge is 2.40. The fraction of sp³-hybridized carbons (Fsp3) is 0.875. The van der Waals surface area contributed by atoms with Crippen LogP contribution in [0.2, 0.25) is 0 Å². The Bertz CT molecular complexity index is 412. The molecule has 3 rings (SSSR count). The number of nitrogens with zero attached hydrogens (tertiary/aromatic N) is 2. The summed E-state index contributed by atoms with van der Waals surface area (Å²) in [5.74, 6) is 1.02. The van der Waals surface area contributed by atoms with Gasteiger partial charge >= 0.3 is 0 Å². The van der Waals surface area contributed by atoms with E-state index < -0.39 is 0 Å². The zero-order valence-electron chi connectivity index (χ0n) is 13.9. The Morgan fingerprint density at radius 2 is 1.83 bits per heavy atom. The lowest BCUT2D eigenvalue weighted by Crippen LogP contribution is -2.54. The van der Waals surface area contributed by atoms with Gasteiger partial charge < -0.3 is 15.5 Å². The summed E-state index contributed by atoms with van der Waals surface area (Å²) in [5.41, 5.74) is 0. The minimum atomic E-state index is 0. The third-order valence-corrected chi connectivity index (χ3v) is 5.49. The average Bonchev–Trinajstić information content (AvgIpc) is 2.98. The van der Waals surface area contributed by atoms with E-state index in [1.807, 2.05) is 4.90 Å². The normalized spacial score (nSPS) is 31.2. The van der Waals surface area contributed by atoms with E-state index in [9.17, 15) is 9.59 Å². The van der Waals surface area contributed by atoms with Crippen LogP contribution in [0.3, 0.4) is 0 Å². The molecule has 2 amide bonds. The number of hydrogen-bond donors (Lipinski definition) is 2. The number of fused-ring (bicyclic) bond motifs is 1. The standard InChI is InChI=1S/C16H28N4O2.ClH/c1-17-15(21)11-19-6-8-20(9-7-19)16(22)14-10-12-4-2-3-5-13(12)18-14;/h12-14,18H,2-11H2,1H3,(H,17,21);1H. The Balaban J connectivity index is 0.00000192. The second-order valence-electron chi connectivity index (χ2n) is 6.88. The Kier molecular flexibility index (Phi) is 6.68. The third-order valence-electron chi connectivity index (χ3n) is 5.49. The molecule has 0 bridgehead atoms. The predicted octanol–water partition coefficient (Wildman–Crippen LogP) is 0.219. The van der Waals surface area contributed by atoms with Crippen LogP contribution in [0.25, 0.3) is 0 Å². The maximum atomic E-state index is 12.7. The van der Waals surface area contributed by atoms with Crippen molar-refractivity contribution in [1.29, 1.82) is 0 Å². The minimum absolute atomic E-state index is 0. The zero-order chi connectivity index (χ0) is 15.5. The topological polar surface area (TPSA) is 64.7 Å². The Hall–Kier alpha value is -0.850. The summed E-state index contributed by atoms with van der Waals surface area (Å²) >= 11 is 0. The molecule has 0 radical (unpaired) electrons. The predicted molar refractivity (Wildman–Crippen MR) is 91.6 cm³/mol. The van der Waals surface area contributed by atoms with Crippen molar-refractivity contribution in [3.05, 3.63) is 0 Å². The van der Waals surface area contributed by atoms with Crippen LogP contribution in [0, 0.1) is 5.92 Å². The Morgan fingerprint density at radius 3 is 2.48 bits per heavy atom. The first-order chi connectivity index (χ1) is 10.7. The van der Waals surface area contributed by atoms with Gasteiger partial charge in [0.1, 0.15) is 0 Å². The Labute approximate surface area is 144 Å². The smallest absolute Gasteiger partial charge is 0.239 e. The van der Waals surface area contributed by atoms with Crippen LogP contribution in [0.15, 0.2) is 0 Å². The molecule has 1 saturated carbocycles. The molecule has 0 aromatic heterocycles. The molecule has 132 valence electrons. The number of likely N-dealkylation sites (N-methyl/N-ethyl adjacent to an activating group) is 1. The highest BCUT2D eigenvalue weighted by Crippen LogP contribution is 2.33. The SMILES string of the molecule is CNC(=O)CN1CCN(C(=O)C2CC3CCCCC3N2)CC1.Cl. The van der Waals surface area contributed by atoms with E-state index in [-0.39, 0.29) is 30.3 Å². The van der Waals surface area contributed by atoms with Gasteiger partial charge in [-0.05, 0) is 25.2 Å². The molecule has 0 aromatic rings. The first-order valence-corrected chi connectivity index (χ1v) is 8.65. The quantitative estimate of drug-likeness (QED) is 0.768. The molecule has 2 aliphatic heterocycles. The molecule has 0 spiro atoms. The van der Waals surface area contributed by atoms with Crippen molar-refractivity contribution >= 4 is 24.2 Å². The molecule has 23 heavy (non-hydrogen) atoms. The summed E-state index contributed by atoms with van der Waals surface area (Å²) in [6.07, 6.45) is 6.15. The third kappa shape index (κ3) is 4.37. The fourth-order valence-corrected chi connectivity index (χ4v) is 4.14. The lowest BCUT2D eigenvalue weighted by Gasteiger charge is -2.35. The summed E-state index contributed by atoms with van der Waals surface area (Å²) in [6, 6.07) is 0.593. The molecule has 2 N–H and O–H groups in total. The molecular formula is C16H29ClN4O2. The second-order valence-corrected chi connectivity index (χ2v) is 6.88. The molecule has 3 fully saturated rings. The van der Waals surface area contributed by atoms with Crippen molar-refractivity contribution in [2.75, 3.05) is 39.8 Å². The van der Waals surface area contributed by atoms with E-state index in [1.165, 1.54) is 25.7 Å². The van der Waals surface area contributed by atoms with Gasteiger partial charge in [-0.3, -0.25) is 14.5 Å². The summed E-state index contributed by atoms with van der Waals surface area (Å²) in [4.78, 5) is 28.2. The van der Waals surface area contributed by atoms with E-state index in [0.717, 1.165) is 32.6 Å². The van der Waals surface area contributed by atoms with Gasteiger partial charge in [-0.25, -0.2) is 0 Å². The Morgan fingerprint density at radius 1 is 1.13 bits per heavy atom. The summed E-state index contributed by atoms with van der Waals surface area (Å²) in [7, 11) is 1.66. The number of rotatable bonds is 3. The molecule has 2 heterocycles. The van der Waals surface area contributed by atoms with Gasteiger partial charge in [0.05, 0.1) is 12.6 Å². The highest BCUT2D eigenvalue weighted by atomic mass is 35.5. The molecule has 1 aliphatic carbocycles. The maximum absolute atomic E-state index is 12.7. The molecule has 3 atom stereocenters. The summed E-state index contributed by atoms with van der Waals surface area (Å²) in [5, 5.41) is 6.22. The van der Waals surface area contributed by atoms with E-state index >= 15 is 0 Å². The van der Waals surface area contributed by atoms with Crippen LogP contribution in [-0.4, -0.2) is 73.5 Å². The van der Waals surface area contributed by atoms with Gasteiger partial charge in [-0.1, -0.05) is 12.8 Å². The molecule has 2 saturated heterocycles. The molecule has 6 nitrogen and oxygen atoms in total. The van der Waals surface area contributed by atoms with Gasteiger partial charge in [0.2, 0.25) is 11.8 Å². The summed E-state index contributed by atoms with van der Waals surface area (Å²) < 4.78 is 0. The molecule has 7 heteroatoms. The number of carbonyl (C=O) groups is 2. The van der Waals surface area contributed by atoms with E-state index in [4.69, 9.17) is 0 Å². The van der Waals surface area contributed by atoms with Crippen LogP contribution in [0.1, 0.15) is 32.1 Å². The van der Waals surface area contributed by atoms with Crippen molar-refractivity contribution in [1.82, 2.24) is 20.4 Å². The largest absolute Gasteiger partial charge is 0.358 e. The zero-order valence-corrected chi connectivity index (χ0v) is 14.7. The van der Waals surface area contributed by atoms with Crippen LogP contribution >= 0.6 is 12.4 Å². The molecule has 0 aromatic carbocycles. The first-order valence-electron chi connectivity index (χ1n) is 8.65. The van der Waals surface area contributed by atoms with Crippen LogP contribution in [-0.2, 0) is 9.59 Å². The van der Waals surface area contributed by atoms with Crippen molar-refractivity contribution < 1.29 is 9.59 Å². The van der Waals surface area contributed by atoms with Gasteiger partial charge in [0.15, 0.2) is 0 Å². The van der Waals surface area contributed by atoms with Gasteiger partial charge in [0, 0.05) is 39.3 Å². The second kappa shape index (κ2) is 8.31. The van der Waals surface area contributed by atoms with Crippen LogP contribution in [0.4, 0.5) is 0 Å². The maximum Gasteiger partial charge on any atom is 0.239 e. The van der Waals surface area contributed by atoms with E-state index in [1.54, 1.807) is 7.05 Å². The number of hydrogen-bond acceptors (Lipinski definition) is 4. The van der Waals surface area contributed by atoms with Crippen molar-refractivity contribution in [2.24, 2.45) is 5.92 Å². The summed E-state index contributed by atoms with van der Waals surface area (Å²) in [6.45, 7) is 3.49. The molecule has 3 unspecified atom stereocenters. The van der Waals surface area contributed by atoms with Gasteiger partial charge in [-0.15, -0.1) is 12.4 Å². The lowest BCUT2D eigenvalue weighted by molar-refractivity contribution is -0.135. The number of halogens is 1. The first kappa shape index (κ1) is 18.5. The van der Waals surface area contributed by atoms with Gasteiger partial charge in [-0.2, -0.15) is 0 Å². The highest BCUT2D eigenvalue weighted by molar-refractivity contribution is 5.85. The van der Waals surface area contributed by atoms with Crippen LogP contribution in [0.5, 0.6) is 0 Å². The van der Waals surface area contributed by atoms with E-state index in [2.05, 4.69) is 15.5 Å². The number of nitrogens with one attached hydrogen (secondary N) is 2. The monoisotopic (exact) mass is 344 g/mol. The van der Waals surface area contributed by atoms with Crippen molar-refractivity contribution in [3.8, 4) is 0 Å². The van der Waals surface area contributed by atoms with Crippen molar-refractivity contribution in [2.45, 2.75) is 44.2 Å². The number of carbonyl (C=O) groups excluding carboxylic acids is 2. The molecule has 3 aliphatic rings. The number of piperazine rings is 1. The average molecular weight is 345 g/mol.